The summed E-state index contributed by atoms with van der Waals surface area (Å²) in [5.74, 6) is -0.346. The summed E-state index contributed by atoms with van der Waals surface area (Å²) in [6.45, 7) is 1.42. The number of hydrogen-bond donors (Lipinski definition) is 2. The Labute approximate surface area is 69.9 Å². The summed E-state index contributed by atoms with van der Waals surface area (Å²) in [5.41, 5.74) is 6.06. The van der Waals surface area contributed by atoms with E-state index in [0.717, 1.165) is 12.2 Å². The van der Waals surface area contributed by atoms with Crippen molar-refractivity contribution in [2.75, 3.05) is 13.2 Å². The van der Waals surface area contributed by atoms with Gasteiger partial charge in [-0.2, -0.15) is 0 Å². The molecule has 0 spiro atoms. The molecule has 0 saturated carbocycles. The number of fused-ring (bicyclic) bond motifs is 1. The van der Waals surface area contributed by atoms with E-state index in [1.807, 2.05) is 4.90 Å². The SMILES string of the molecule is NC(=O)C1NCN2CC=NC=C12. The van der Waals surface area contributed by atoms with Gasteiger partial charge in [-0.1, -0.05) is 0 Å². The number of carbonyl (C=O) groups is 1. The van der Waals surface area contributed by atoms with Crippen LogP contribution in [0.2, 0.25) is 0 Å². The molecule has 0 aromatic carbocycles. The van der Waals surface area contributed by atoms with Gasteiger partial charge in [0.25, 0.3) is 0 Å². The molecule has 0 aromatic heterocycles. The van der Waals surface area contributed by atoms with E-state index in [4.69, 9.17) is 5.73 Å². The number of hydrogen-bond acceptors (Lipinski definition) is 4. The molecule has 2 aliphatic rings. The first-order valence-electron chi connectivity index (χ1n) is 3.78. The minimum Gasteiger partial charge on any atom is -0.368 e. The molecule has 5 nitrogen and oxygen atoms in total. The summed E-state index contributed by atoms with van der Waals surface area (Å²) >= 11 is 0. The molecule has 1 amide bonds. The lowest BCUT2D eigenvalue weighted by molar-refractivity contribution is -0.118. The topological polar surface area (TPSA) is 70.7 Å². The highest BCUT2D eigenvalue weighted by atomic mass is 16.1. The van der Waals surface area contributed by atoms with E-state index in [1.165, 1.54) is 0 Å². The van der Waals surface area contributed by atoms with Crippen LogP contribution in [0.3, 0.4) is 0 Å². The number of carbonyl (C=O) groups excluding carboxylic acids is 1. The molecule has 0 radical (unpaired) electrons. The lowest BCUT2D eigenvalue weighted by Crippen LogP contribution is -2.37. The van der Waals surface area contributed by atoms with Crippen LogP contribution < -0.4 is 11.1 Å². The summed E-state index contributed by atoms with van der Waals surface area (Å²) in [7, 11) is 0. The summed E-state index contributed by atoms with van der Waals surface area (Å²) in [4.78, 5) is 16.9. The number of nitrogens with two attached hydrogens (primary N) is 1. The minimum atomic E-state index is -0.359. The largest absolute Gasteiger partial charge is 0.368 e. The van der Waals surface area contributed by atoms with Gasteiger partial charge >= 0.3 is 0 Å². The molecule has 1 unspecified atom stereocenters. The van der Waals surface area contributed by atoms with E-state index >= 15 is 0 Å². The van der Waals surface area contributed by atoms with Crippen LogP contribution in [0.15, 0.2) is 16.9 Å². The van der Waals surface area contributed by atoms with Crippen molar-refractivity contribution in [3.8, 4) is 0 Å². The van der Waals surface area contributed by atoms with Gasteiger partial charge in [-0.3, -0.25) is 15.1 Å². The quantitative estimate of drug-likeness (QED) is 0.505. The second-order valence-corrected chi connectivity index (χ2v) is 2.81. The monoisotopic (exact) mass is 166 g/mol. The maximum absolute atomic E-state index is 10.9. The summed E-state index contributed by atoms with van der Waals surface area (Å²) in [5, 5.41) is 3.00. The summed E-state index contributed by atoms with van der Waals surface area (Å²) < 4.78 is 0. The first-order chi connectivity index (χ1) is 5.79. The van der Waals surface area contributed by atoms with Crippen molar-refractivity contribution in [3.05, 3.63) is 11.9 Å². The fourth-order valence-corrected chi connectivity index (χ4v) is 1.43. The van der Waals surface area contributed by atoms with E-state index < -0.39 is 0 Å². The van der Waals surface area contributed by atoms with Gasteiger partial charge in [0.2, 0.25) is 5.91 Å². The van der Waals surface area contributed by atoms with E-state index in [2.05, 4.69) is 10.3 Å². The Kier molecular flexibility index (Phi) is 1.58. The Morgan fingerprint density at radius 1 is 1.83 bits per heavy atom. The molecular weight excluding hydrogens is 156 g/mol. The first kappa shape index (κ1) is 7.30. The van der Waals surface area contributed by atoms with Crippen molar-refractivity contribution in [2.45, 2.75) is 6.04 Å². The number of nitrogens with zero attached hydrogens (tertiary/aromatic N) is 2. The third-order valence-electron chi connectivity index (χ3n) is 2.05. The van der Waals surface area contributed by atoms with E-state index in [9.17, 15) is 4.79 Å². The van der Waals surface area contributed by atoms with Gasteiger partial charge in [0, 0.05) is 12.4 Å². The standard InChI is InChI=1S/C7H10N4O/c8-7(12)6-5-3-9-1-2-11(5)4-10-6/h1,3,6,10H,2,4H2,(H2,8,12). The van der Waals surface area contributed by atoms with Crippen LogP contribution in [0.25, 0.3) is 0 Å². The zero-order chi connectivity index (χ0) is 8.55. The lowest BCUT2D eigenvalue weighted by atomic mass is 10.2. The van der Waals surface area contributed by atoms with Gasteiger partial charge in [-0.15, -0.1) is 0 Å². The van der Waals surface area contributed by atoms with Gasteiger partial charge < -0.3 is 10.6 Å². The summed E-state index contributed by atoms with van der Waals surface area (Å²) in [6.07, 6.45) is 3.48. The molecular formula is C7H10N4O. The van der Waals surface area contributed by atoms with E-state index in [-0.39, 0.29) is 11.9 Å². The Bertz CT molecular complexity index is 271. The van der Waals surface area contributed by atoms with Crippen LogP contribution in [0.4, 0.5) is 0 Å². The van der Waals surface area contributed by atoms with Crippen molar-refractivity contribution in [1.29, 1.82) is 0 Å². The van der Waals surface area contributed by atoms with Gasteiger partial charge in [0.15, 0.2) is 0 Å². The van der Waals surface area contributed by atoms with Crippen LogP contribution in [0, 0.1) is 0 Å². The molecule has 1 saturated heterocycles. The number of amides is 1. The van der Waals surface area contributed by atoms with Crippen LogP contribution in [-0.4, -0.2) is 36.3 Å². The van der Waals surface area contributed by atoms with E-state index in [0.29, 0.717) is 6.67 Å². The Balaban J connectivity index is 2.25. The number of aliphatic imine (C=N–C) groups is 1. The molecule has 2 aliphatic heterocycles. The maximum atomic E-state index is 10.9. The van der Waals surface area contributed by atoms with Crippen molar-refractivity contribution >= 4 is 12.1 Å². The first-order valence-corrected chi connectivity index (χ1v) is 3.78. The maximum Gasteiger partial charge on any atom is 0.240 e. The van der Waals surface area contributed by atoms with Crippen LogP contribution >= 0.6 is 0 Å². The molecule has 2 heterocycles. The van der Waals surface area contributed by atoms with Gasteiger partial charge in [-0.25, -0.2) is 0 Å². The molecule has 0 aliphatic carbocycles. The lowest BCUT2D eigenvalue weighted by Gasteiger charge is -2.19. The smallest absolute Gasteiger partial charge is 0.240 e. The predicted octanol–water partition coefficient (Wildman–Crippen LogP) is -1.37. The van der Waals surface area contributed by atoms with Gasteiger partial charge in [0.05, 0.1) is 18.9 Å². The Morgan fingerprint density at radius 3 is 3.42 bits per heavy atom. The third kappa shape index (κ3) is 0.984. The molecule has 3 N–H and O–H groups in total. The van der Waals surface area contributed by atoms with Crippen molar-refractivity contribution in [2.24, 2.45) is 10.7 Å². The number of nitrogens with one attached hydrogen (secondary N) is 1. The minimum absolute atomic E-state index is 0.346. The highest BCUT2D eigenvalue weighted by molar-refractivity contribution is 5.84. The second-order valence-electron chi connectivity index (χ2n) is 2.81. The van der Waals surface area contributed by atoms with Gasteiger partial charge in [0.1, 0.15) is 6.04 Å². The van der Waals surface area contributed by atoms with Crippen molar-refractivity contribution in [1.82, 2.24) is 10.2 Å². The molecule has 12 heavy (non-hydrogen) atoms. The van der Waals surface area contributed by atoms with Crippen LogP contribution in [0.5, 0.6) is 0 Å². The fraction of sp³-hybridized carbons (Fsp3) is 0.429. The number of rotatable bonds is 1. The van der Waals surface area contributed by atoms with E-state index in [1.54, 1.807) is 12.4 Å². The summed E-state index contributed by atoms with van der Waals surface area (Å²) in [6, 6.07) is -0.359. The predicted molar refractivity (Wildman–Crippen MR) is 44.3 cm³/mol. The molecule has 0 bridgehead atoms. The molecule has 64 valence electrons. The molecule has 0 aromatic rings. The Hall–Kier alpha value is -1.36. The fourth-order valence-electron chi connectivity index (χ4n) is 1.43. The molecule has 1 fully saturated rings. The number of primary amides is 1. The molecule has 1 atom stereocenters. The zero-order valence-corrected chi connectivity index (χ0v) is 6.53. The normalized spacial score (nSPS) is 26.8. The average molecular weight is 166 g/mol. The van der Waals surface area contributed by atoms with Crippen molar-refractivity contribution in [3.63, 3.8) is 0 Å². The molecule has 2 rings (SSSR count). The highest BCUT2D eigenvalue weighted by Crippen LogP contribution is 2.16. The zero-order valence-electron chi connectivity index (χ0n) is 6.53. The highest BCUT2D eigenvalue weighted by Gasteiger charge is 2.31. The van der Waals surface area contributed by atoms with Gasteiger partial charge in [-0.05, 0) is 0 Å². The Morgan fingerprint density at radius 2 is 2.67 bits per heavy atom. The van der Waals surface area contributed by atoms with Crippen LogP contribution in [0.1, 0.15) is 0 Å². The molecule has 5 heteroatoms. The van der Waals surface area contributed by atoms with Crippen LogP contribution in [-0.2, 0) is 4.79 Å². The average Bonchev–Trinajstić information content (AvgIpc) is 2.47. The van der Waals surface area contributed by atoms with Crippen molar-refractivity contribution < 1.29 is 4.79 Å². The third-order valence-corrected chi connectivity index (χ3v) is 2.05. The second kappa shape index (κ2) is 2.60.